The van der Waals surface area contributed by atoms with E-state index in [1.54, 1.807) is 25.4 Å². The Morgan fingerprint density at radius 2 is 2.00 bits per heavy atom. The Kier molecular flexibility index (Phi) is 8.27. The molecule has 1 aromatic carbocycles. The zero-order valence-electron chi connectivity index (χ0n) is 20.9. The van der Waals surface area contributed by atoms with Crippen molar-refractivity contribution in [1.29, 1.82) is 0 Å². The molecule has 2 aliphatic rings. The van der Waals surface area contributed by atoms with E-state index in [2.05, 4.69) is 16.0 Å². The molecule has 190 valence electrons. The number of ether oxygens (including phenoxy) is 1. The second-order valence-electron chi connectivity index (χ2n) is 9.93. The van der Waals surface area contributed by atoms with Gasteiger partial charge >= 0.3 is 0 Å². The van der Waals surface area contributed by atoms with Crippen LogP contribution in [0.2, 0.25) is 0 Å². The first-order valence-corrected chi connectivity index (χ1v) is 13.9. The van der Waals surface area contributed by atoms with Crippen LogP contribution < -0.4 is 4.74 Å². The zero-order valence-corrected chi connectivity index (χ0v) is 21.7. The molecule has 0 saturated heterocycles. The van der Waals surface area contributed by atoms with Crippen LogP contribution in [0.25, 0.3) is 5.57 Å². The van der Waals surface area contributed by atoms with Crippen molar-refractivity contribution in [2.75, 3.05) is 26.7 Å². The third-order valence-corrected chi connectivity index (χ3v) is 9.04. The van der Waals surface area contributed by atoms with Crippen LogP contribution in [0.4, 0.5) is 0 Å². The van der Waals surface area contributed by atoms with E-state index < -0.39 is 16.1 Å². The predicted molar refractivity (Wildman–Crippen MR) is 137 cm³/mol. The van der Waals surface area contributed by atoms with E-state index in [0.29, 0.717) is 12.3 Å². The number of sulfonamides is 1. The van der Waals surface area contributed by atoms with Crippen molar-refractivity contribution in [3.8, 4) is 5.75 Å². The van der Waals surface area contributed by atoms with Crippen LogP contribution in [0.15, 0.2) is 53.7 Å². The lowest BCUT2D eigenvalue weighted by Gasteiger charge is -2.37. The van der Waals surface area contributed by atoms with Gasteiger partial charge in [0.05, 0.1) is 6.61 Å². The molecule has 1 aliphatic heterocycles. The fourth-order valence-corrected chi connectivity index (χ4v) is 6.74. The lowest BCUT2D eigenvalue weighted by atomic mass is 9.93. The zero-order chi connectivity index (χ0) is 25.0. The Balaban J connectivity index is 1.69. The SMILES string of the molecule is C[C@H]1CN([C@@H](C)CO)S(=O)(=O)c2ccc(C3=CCCCC3)cc2O[C@H]1CN(C)Cc1ccncc1. The monoisotopic (exact) mass is 499 g/mol. The van der Waals surface area contributed by atoms with Crippen molar-refractivity contribution in [3.05, 3.63) is 59.9 Å². The molecule has 0 bridgehead atoms. The Morgan fingerprint density at radius 1 is 1.23 bits per heavy atom. The van der Waals surface area contributed by atoms with Gasteiger partial charge in [-0.15, -0.1) is 0 Å². The first-order valence-electron chi connectivity index (χ1n) is 12.5. The molecule has 2 heterocycles. The second kappa shape index (κ2) is 11.2. The van der Waals surface area contributed by atoms with Gasteiger partial charge in [0.2, 0.25) is 10.0 Å². The highest BCUT2D eigenvalue weighted by Crippen LogP contribution is 2.37. The molecular weight excluding hydrogens is 462 g/mol. The summed E-state index contributed by atoms with van der Waals surface area (Å²) >= 11 is 0. The Morgan fingerprint density at radius 3 is 2.69 bits per heavy atom. The molecule has 4 rings (SSSR count). The number of aromatic nitrogens is 1. The van der Waals surface area contributed by atoms with Gasteiger partial charge in [0.25, 0.3) is 0 Å². The van der Waals surface area contributed by atoms with Crippen LogP contribution in [0.3, 0.4) is 0 Å². The summed E-state index contributed by atoms with van der Waals surface area (Å²) in [6.07, 6.45) is 9.98. The van der Waals surface area contributed by atoms with Crippen LogP contribution in [0, 0.1) is 5.92 Å². The van der Waals surface area contributed by atoms with Gasteiger partial charge in [0, 0.05) is 44.0 Å². The average Bonchev–Trinajstić information content (AvgIpc) is 2.86. The second-order valence-corrected chi connectivity index (χ2v) is 11.8. The largest absolute Gasteiger partial charge is 0.487 e. The topological polar surface area (TPSA) is 83.0 Å². The summed E-state index contributed by atoms with van der Waals surface area (Å²) in [7, 11) is -1.78. The minimum absolute atomic E-state index is 0.0793. The van der Waals surface area contributed by atoms with Gasteiger partial charge in [-0.05, 0) is 80.6 Å². The minimum Gasteiger partial charge on any atom is -0.487 e. The van der Waals surface area contributed by atoms with Crippen molar-refractivity contribution in [2.24, 2.45) is 5.92 Å². The first kappa shape index (κ1) is 25.8. The standard InChI is InChI=1S/C27H37N3O4S/c1-20-16-30(21(2)19-31)35(32,33)27-10-9-24(23-7-5-4-6-8-23)15-25(27)34-26(20)18-29(3)17-22-11-13-28-14-12-22/h7,9-15,20-21,26,31H,4-6,8,16-19H2,1-3H3/t20-,21-,26-/m0/s1. The number of nitrogens with zero attached hydrogens (tertiary/aromatic N) is 3. The fraction of sp³-hybridized carbons (Fsp3) is 0.519. The molecule has 1 N–H and O–H groups in total. The van der Waals surface area contributed by atoms with Crippen LogP contribution in [-0.4, -0.2) is 66.6 Å². The smallest absolute Gasteiger partial charge is 0.247 e. The summed E-state index contributed by atoms with van der Waals surface area (Å²) in [6, 6.07) is 8.95. The maximum atomic E-state index is 13.7. The Bertz CT molecular complexity index is 1140. The minimum atomic E-state index is -3.83. The summed E-state index contributed by atoms with van der Waals surface area (Å²) in [5.41, 5.74) is 3.44. The molecule has 1 aliphatic carbocycles. The summed E-state index contributed by atoms with van der Waals surface area (Å²) in [5.74, 6) is 0.322. The normalized spacial score (nSPS) is 23.5. The van der Waals surface area contributed by atoms with Crippen LogP contribution in [0.5, 0.6) is 5.75 Å². The highest BCUT2D eigenvalue weighted by Gasteiger charge is 2.38. The molecule has 7 nitrogen and oxygen atoms in total. The number of benzene rings is 1. The van der Waals surface area contributed by atoms with Crippen LogP contribution in [0.1, 0.15) is 50.7 Å². The maximum absolute atomic E-state index is 13.7. The summed E-state index contributed by atoms with van der Waals surface area (Å²) in [5, 5.41) is 9.85. The third kappa shape index (κ3) is 5.94. The fourth-order valence-electron chi connectivity index (χ4n) is 4.92. The molecular formula is C27H37N3O4S. The van der Waals surface area contributed by atoms with Crippen LogP contribution >= 0.6 is 0 Å². The van der Waals surface area contributed by atoms with E-state index in [4.69, 9.17) is 4.74 Å². The summed E-state index contributed by atoms with van der Waals surface area (Å²) < 4.78 is 35.3. The molecule has 0 saturated carbocycles. The maximum Gasteiger partial charge on any atom is 0.247 e. The van der Waals surface area contributed by atoms with Crippen molar-refractivity contribution in [3.63, 3.8) is 0 Å². The quantitative estimate of drug-likeness (QED) is 0.621. The number of hydrogen-bond donors (Lipinski definition) is 1. The number of pyridine rings is 1. The molecule has 3 atom stereocenters. The number of aliphatic hydroxyl groups is 1. The van der Waals surface area contributed by atoms with Gasteiger partial charge in [-0.2, -0.15) is 4.31 Å². The van der Waals surface area contributed by atoms with Gasteiger partial charge in [0.15, 0.2) is 0 Å². The van der Waals surface area contributed by atoms with E-state index in [0.717, 1.165) is 36.9 Å². The molecule has 0 unspecified atom stereocenters. The number of aliphatic hydroxyl groups excluding tert-OH is 1. The van der Waals surface area contributed by atoms with Gasteiger partial charge in [-0.25, -0.2) is 8.42 Å². The van der Waals surface area contributed by atoms with E-state index in [9.17, 15) is 13.5 Å². The average molecular weight is 500 g/mol. The summed E-state index contributed by atoms with van der Waals surface area (Å²) in [4.78, 5) is 6.46. The van der Waals surface area contributed by atoms with E-state index in [1.807, 2.05) is 38.2 Å². The third-order valence-electron chi connectivity index (χ3n) is 7.02. The van der Waals surface area contributed by atoms with Crippen molar-refractivity contribution >= 4 is 15.6 Å². The summed E-state index contributed by atoms with van der Waals surface area (Å²) in [6.45, 7) is 5.19. The van der Waals surface area contributed by atoms with Crippen molar-refractivity contribution in [1.82, 2.24) is 14.2 Å². The Hall–Kier alpha value is -2.26. The number of rotatable bonds is 7. The first-order chi connectivity index (χ1) is 16.8. The molecule has 0 fully saturated rings. The number of allylic oxidation sites excluding steroid dienone is 2. The van der Waals surface area contributed by atoms with E-state index in [1.165, 1.54) is 16.3 Å². The highest BCUT2D eigenvalue weighted by atomic mass is 32.2. The molecule has 2 aromatic rings. The molecule has 0 spiro atoms. The predicted octanol–water partition coefficient (Wildman–Crippen LogP) is 3.94. The van der Waals surface area contributed by atoms with Gasteiger partial charge < -0.3 is 9.84 Å². The van der Waals surface area contributed by atoms with Crippen LogP contribution in [-0.2, 0) is 16.6 Å². The lowest BCUT2D eigenvalue weighted by Crippen LogP contribution is -2.49. The van der Waals surface area contributed by atoms with Gasteiger partial charge in [-0.1, -0.05) is 19.1 Å². The van der Waals surface area contributed by atoms with Crippen molar-refractivity contribution < 1.29 is 18.3 Å². The Labute approximate surface area is 209 Å². The van der Waals surface area contributed by atoms with E-state index in [-0.39, 0.29) is 30.1 Å². The highest BCUT2D eigenvalue weighted by molar-refractivity contribution is 7.89. The number of hydrogen-bond acceptors (Lipinski definition) is 6. The lowest BCUT2D eigenvalue weighted by molar-refractivity contribution is 0.0733. The van der Waals surface area contributed by atoms with Gasteiger partial charge in [0.1, 0.15) is 16.7 Å². The van der Waals surface area contributed by atoms with E-state index >= 15 is 0 Å². The van der Waals surface area contributed by atoms with Gasteiger partial charge in [-0.3, -0.25) is 9.88 Å². The molecule has 0 amide bonds. The van der Waals surface area contributed by atoms with Crippen molar-refractivity contribution in [2.45, 2.75) is 63.1 Å². The molecule has 8 heteroatoms. The molecule has 1 aromatic heterocycles. The number of likely N-dealkylation sites (N-methyl/N-ethyl adjacent to an activating group) is 1. The molecule has 0 radical (unpaired) electrons. The number of fused-ring (bicyclic) bond motifs is 1. The molecule has 35 heavy (non-hydrogen) atoms.